The fourth-order valence-corrected chi connectivity index (χ4v) is 4.53. The van der Waals surface area contributed by atoms with Crippen molar-refractivity contribution >= 4 is 11.8 Å². The van der Waals surface area contributed by atoms with E-state index in [-0.39, 0.29) is 30.8 Å². The summed E-state index contributed by atoms with van der Waals surface area (Å²) in [6.45, 7) is 10.4. The molecule has 3 rings (SSSR count). The van der Waals surface area contributed by atoms with Gasteiger partial charge in [0.1, 0.15) is 5.75 Å². The van der Waals surface area contributed by atoms with Gasteiger partial charge in [-0.3, -0.25) is 9.59 Å². The lowest BCUT2D eigenvalue weighted by atomic mass is 10.1. The Labute approximate surface area is 228 Å². The molecule has 0 aliphatic carbocycles. The molecule has 0 saturated heterocycles. The molecule has 2 amide bonds. The number of benzene rings is 2. The van der Waals surface area contributed by atoms with Crippen LogP contribution in [0.1, 0.15) is 62.4 Å². The van der Waals surface area contributed by atoms with Crippen LogP contribution in [0.4, 0.5) is 0 Å². The lowest BCUT2D eigenvalue weighted by molar-refractivity contribution is -0.142. The fraction of sp³-hybridized carbons (Fsp3) is 0.438. The highest BCUT2D eigenvalue weighted by Crippen LogP contribution is 2.17. The third kappa shape index (κ3) is 7.98. The van der Waals surface area contributed by atoms with Crippen LogP contribution in [0.5, 0.6) is 5.75 Å². The first-order chi connectivity index (χ1) is 18.4. The van der Waals surface area contributed by atoms with Gasteiger partial charge in [-0.05, 0) is 67.6 Å². The van der Waals surface area contributed by atoms with E-state index in [0.717, 1.165) is 42.8 Å². The average Bonchev–Trinajstić information content (AvgIpc) is 3.37. The van der Waals surface area contributed by atoms with Gasteiger partial charge in [-0.15, -0.1) is 0 Å². The summed E-state index contributed by atoms with van der Waals surface area (Å²) in [4.78, 5) is 30.7. The Balaban J connectivity index is 1.74. The number of amides is 2. The smallest absolute Gasteiger partial charge is 0.242 e. The standard InChI is InChI=1S/C32H43N3O3/c1-6-8-19-34(31(36)21-27-15-17-30(38-5)18-16-27)24-32(37)35(26(4)7-2)23-29-14-11-20-33(29)22-28-13-10-9-12-25(28)3/h9-18,20,26H,6-8,19,21-24H2,1-5H3. The van der Waals surface area contributed by atoms with Crippen LogP contribution < -0.4 is 4.74 Å². The van der Waals surface area contributed by atoms with Gasteiger partial charge >= 0.3 is 0 Å². The van der Waals surface area contributed by atoms with E-state index in [9.17, 15) is 9.59 Å². The second-order valence-electron chi connectivity index (χ2n) is 10.0. The first-order valence-electron chi connectivity index (χ1n) is 13.7. The van der Waals surface area contributed by atoms with Gasteiger partial charge in [0.25, 0.3) is 0 Å². The van der Waals surface area contributed by atoms with E-state index in [1.807, 2.05) is 35.2 Å². The molecule has 1 atom stereocenters. The molecule has 6 heteroatoms. The van der Waals surface area contributed by atoms with Crippen LogP contribution in [0.2, 0.25) is 0 Å². The molecule has 0 fully saturated rings. The maximum atomic E-state index is 13.7. The Bertz CT molecular complexity index is 1170. The summed E-state index contributed by atoms with van der Waals surface area (Å²) in [5.41, 5.74) is 4.52. The highest BCUT2D eigenvalue weighted by atomic mass is 16.5. The third-order valence-corrected chi connectivity index (χ3v) is 7.28. The van der Waals surface area contributed by atoms with Crippen LogP contribution >= 0.6 is 0 Å². The average molecular weight is 518 g/mol. The van der Waals surface area contributed by atoms with Crippen LogP contribution in [0, 0.1) is 6.92 Å². The molecule has 3 aromatic rings. The largest absolute Gasteiger partial charge is 0.497 e. The highest BCUT2D eigenvalue weighted by molar-refractivity contribution is 5.86. The summed E-state index contributed by atoms with van der Waals surface area (Å²) in [6, 6.07) is 20.1. The summed E-state index contributed by atoms with van der Waals surface area (Å²) in [5, 5.41) is 0. The lowest BCUT2D eigenvalue weighted by Crippen LogP contribution is -2.46. The predicted molar refractivity (Wildman–Crippen MR) is 153 cm³/mol. The number of aromatic nitrogens is 1. The van der Waals surface area contributed by atoms with Crippen LogP contribution in [-0.4, -0.2) is 52.4 Å². The number of aryl methyl sites for hydroxylation is 1. The van der Waals surface area contributed by atoms with Gasteiger partial charge in [0, 0.05) is 31.0 Å². The maximum absolute atomic E-state index is 13.7. The molecule has 204 valence electrons. The molecule has 1 aromatic heterocycles. The Morgan fingerprint density at radius 1 is 0.974 bits per heavy atom. The first kappa shape index (κ1) is 29.0. The van der Waals surface area contributed by atoms with Crippen molar-refractivity contribution in [1.82, 2.24) is 14.4 Å². The Hall–Kier alpha value is -3.54. The zero-order valence-corrected chi connectivity index (χ0v) is 23.7. The number of methoxy groups -OCH3 is 1. The van der Waals surface area contributed by atoms with Crippen molar-refractivity contribution in [2.24, 2.45) is 0 Å². The second kappa shape index (κ2) is 14.4. The summed E-state index contributed by atoms with van der Waals surface area (Å²) < 4.78 is 7.45. The minimum Gasteiger partial charge on any atom is -0.497 e. The molecule has 6 nitrogen and oxygen atoms in total. The molecule has 0 spiro atoms. The van der Waals surface area contributed by atoms with E-state index in [1.54, 1.807) is 12.0 Å². The number of hydrogen-bond donors (Lipinski definition) is 0. The molecule has 1 heterocycles. The van der Waals surface area contributed by atoms with Gasteiger partial charge in [-0.1, -0.05) is 56.7 Å². The molecule has 0 aliphatic heterocycles. The van der Waals surface area contributed by atoms with Gasteiger partial charge in [0.15, 0.2) is 0 Å². The van der Waals surface area contributed by atoms with Crippen LogP contribution in [-0.2, 0) is 29.1 Å². The molecule has 0 bridgehead atoms. The normalized spacial score (nSPS) is 11.7. The molecule has 2 aromatic carbocycles. The topological polar surface area (TPSA) is 54.8 Å². The number of carbonyl (C=O) groups is 2. The van der Waals surface area contributed by atoms with E-state index in [0.29, 0.717) is 13.1 Å². The van der Waals surface area contributed by atoms with Crippen molar-refractivity contribution in [1.29, 1.82) is 0 Å². The van der Waals surface area contributed by atoms with Gasteiger partial charge in [0.2, 0.25) is 11.8 Å². The number of hydrogen-bond acceptors (Lipinski definition) is 3. The SMILES string of the molecule is CCCCN(CC(=O)N(Cc1cccn1Cc1ccccc1C)C(C)CC)C(=O)Cc1ccc(OC)cc1. The van der Waals surface area contributed by atoms with E-state index in [1.165, 1.54) is 11.1 Å². The summed E-state index contributed by atoms with van der Waals surface area (Å²) >= 11 is 0. The van der Waals surface area contributed by atoms with Crippen molar-refractivity contribution in [3.8, 4) is 5.75 Å². The molecule has 1 unspecified atom stereocenters. The van der Waals surface area contributed by atoms with Crippen LogP contribution in [0.15, 0.2) is 66.9 Å². The minimum atomic E-state index is -0.0241. The number of rotatable bonds is 14. The molecule has 0 N–H and O–H groups in total. The van der Waals surface area contributed by atoms with Gasteiger partial charge in [0.05, 0.1) is 26.6 Å². The molecule has 38 heavy (non-hydrogen) atoms. The molecular weight excluding hydrogens is 474 g/mol. The predicted octanol–water partition coefficient (Wildman–Crippen LogP) is 5.85. The van der Waals surface area contributed by atoms with Crippen molar-refractivity contribution in [2.45, 2.75) is 72.5 Å². The van der Waals surface area contributed by atoms with Gasteiger partial charge in [-0.2, -0.15) is 0 Å². The van der Waals surface area contributed by atoms with E-state index >= 15 is 0 Å². The van der Waals surface area contributed by atoms with E-state index < -0.39 is 0 Å². The van der Waals surface area contributed by atoms with Gasteiger partial charge < -0.3 is 19.1 Å². The highest BCUT2D eigenvalue weighted by Gasteiger charge is 2.25. The Morgan fingerprint density at radius 3 is 2.37 bits per heavy atom. The number of nitrogens with zero attached hydrogens (tertiary/aromatic N) is 3. The van der Waals surface area contributed by atoms with E-state index in [4.69, 9.17) is 4.74 Å². The molecular formula is C32H43N3O3. The molecule has 0 radical (unpaired) electrons. The molecule has 0 aliphatic rings. The monoisotopic (exact) mass is 517 g/mol. The van der Waals surface area contributed by atoms with Crippen molar-refractivity contribution in [3.63, 3.8) is 0 Å². The summed E-state index contributed by atoms with van der Waals surface area (Å²) in [5.74, 6) is 0.724. The number of carbonyl (C=O) groups excluding carboxylic acids is 2. The lowest BCUT2D eigenvalue weighted by Gasteiger charge is -2.32. The Kier molecular flexibility index (Phi) is 11.0. The van der Waals surface area contributed by atoms with Crippen LogP contribution in [0.25, 0.3) is 0 Å². The zero-order chi connectivity index (χ0) is 27.5. The summed E-state index contributed by atoms with van der Waals surface area (Å²) in [7, 11) is 1.63. The quantitative estimate of drug-likeness (QED) is 0.269. The minimum absolute atomic E-state index is 0.0119. The van der Waals surface area contributed by atoms with Crippen molar-refractivity contribution < 1.29 is 14.3 Å². The van der Waals surface area contributed by atoms with Crippen LogP contribution in [0.3, 0.4) is 0 Å². The fourth-order valence-electron chi connectivity index (χ4n) is 4.53. The first-order valence-corrected chi connectivity index (χ1v) is 13.7. The zero-order valence-electron chi connectivity index (χ0n) is 23.7. The molecule has 0 saturated carbocycles. The van der Waals surface area contributed by atoms with Gasteiger partial charge in [-0.25, -0.2) is 0 Å². The van der Waals surface area contributed by atoms with Crippen molar-refractivity contribution in [3.05, 3.63) is 89.2 Å². The third-order valence-electron chi connectivity index (χ3n) is 7.28. The Morgan fingerprint density at radius 2 is 1.71 bits per heavy atom. The number of ether oxygens (including phenoxy) is 1. The van der Waals surface area contributed by atoms with E-state index in [2.05, 4.69) is 68.8 Å². The summed E-state index contributed by atoms with van der Waals surface area (Å²) in [6.07, 6.45) is 5.02. The second-order valence-corrected chi connectivity index (χ2v) is 10.0. The number of unbranched alkanes of at least 4 members (excludes halogenated alkanes) is 1. The maximum Gasteiger partial charge on any atom is 0.242 e. The van der Waals surface area contributed by atoms with Crippen molar-refractivity contribution in [2.75, 3.05) is 20.2 Å².